The Bertz CT molecular complexity index is 608. The van der Waals surface area contributed by atoms with Gasteiger partial charge in [0.15, 0.2) is 5.78 Å². The fourth-order valence-corrected chi connectivity index (χ4v) is 1.85. The number of aromatic nitrogens is 2. The topological polar surface area (TPSA) is 85.1 Å². The molecule has 2 heterocycles. The van der Waals surface area contributed by atoms with Crippen molar-refractivity contribution < 1.29 is 14.1 Å². The Morgan fingerprint density at radius 2 is 2.19 bits per heavy atom. The van der Waals surface area contributed by atoms with Gasteiger partial charge in [-0.2, -0.15) is 0 Å². The van der Waals surface area contributed by atoms with E-state index in [1.165, 1.54) is 6.20 Å². The first-order valence-electron chi connectivity index (χ1n) is 6.77. The highest BCUT2D eigenvalue weighted by atomic mass is 16.5. The monoisotopic (exact) mass is 287 g/mol. The van der Waals surface area contributed by atoms with E-state index in [1.807, 2.05) is 13.0 Å². The second kappa shape index (κ2) is 7.33. The standard InChI is InChI=1S/C15H17N3O3/c1-11-9-13(18-21-11)6-8-17-15(20)5-4-14(19)12-3-2-7-16-10-12/h2-3,7,9-10H,4-6,8H2,1H3,(H,17,20). The molecule has 6 heteroatoms. The van der Waals surface area contributed by atoms with Gasteiger partial charge in [0.25, 0.3) is 0 Å². The van der Waals surface area contributed by atoms with Crippen LogP contribution in [0.5, 0.6) is 0 Å². The van der Waals surface area contributed by atoms with Crippen molar-refractivity contribution in [1.29, 1.82) is 0 Å². The molecule has 0 aliphatic heterocycles. The molecule has 0 aliphatic carbocycles. The van der Waals surface area contributed by atoms with E-state index in [0.717, 1.165) is 11.5 Å². The van der Waals surface area contributed by atoms with Crippen molar-refractivity contribution in [2.24, 2.45) is 0 Å². The lowest BCUT2D eigenvalue weighted by Crippen LogP contribution is -2.26. The van der Waals surface area contributed by atoms with E-state index in [4.69, 9.17) is 4.52 Å². The van der Waals surface area contributed by atoms with E-state index in [2.05, 4.69) is 15.5 Å². The van der Waals surface area contributed by atoms with Crippen molar-refractivity contribution in [1.82, 2.24) is 15.5 Å². The third-order valence-electron chi connectivity index (χ3n) is 2.94. The number of ketones is 1. The number of hydrogen-bond acceptors (Lipinski definition) is 5. The van der Waals surface area contributed by atoms with E-state index in [-0.39, 0.29) is 24.5 Å². The zero-order chi connectivity index (χ0) is 15.1. The Labute approximate surface area is 122 Å². The summed E-state index contributed by atoms with van der Waals surface area (Å²) in [5.41, 5.74) is 1.34. The molecule has 0 unspecified atom stereocenters. The molecular weight excluding hydrogens is 270 g/mol. The van der Waals surface area contributed by atoms with Crippen LogP contribution in [0, 0.1) is 6.92 Å². The maximum absolute atomic E-state index is 11.8. The van der Waals surface area contributed by atoms with Crippen LogP contribution in [-0.2, 0) is 11.2 Å². The first-order chi connectivity index (χ1) is 10.1. The Morgan fingerprint density at radius 3 is 2.86 bits per heavy atom. The summed E-state index contributed by atoms with van der Waals surface area (Å²) in [7, 11) is 0. The minimum atomic E-state index is -0.146. The number of nitrogens with zero attached hydrogens (tertiary/aromatic N) is 2. The highest BCUT2D eigenvalue weighted by Crippen LogP contribution is 2.04. The Balaban J connectivity index is 1.67. The first kappa shape index (κ1) is 14.9. The highest BCUT2D eigenvalue weighted by molar-refractivity contribution is 5.97. The zero-order valence-corrected chi connectivity index (χ0v) is 11.8. The van der Waals surface area contributed by atoms with Gasteiger partial charge in [0.05, 0.1) is 5.69 Å². The molecule has 0 aliphatic rings. The van der Waals surface area contributed by atoms with Crippen molar-refractivity contribution >= 4 is 11.7 Å². The Morgan fingerprint density at radius 1 is 1.33 bits per heavy atom. The summed E-state index contributed by atoms with van der Waals surface area (Å²) >= 11 is 0. The molecule has 0 spiro atoms. The van der Waals surface area contributed by atoms with Crippen molar-refractivity contribution in [2.75, 3.05) is 6.54 Å². The van der Waals surface area contributed by atoms with Gasteiger partial charge in [0, 0.05) is 49.8 Å². The van der Waals surface area contributed by atoms with E-state index in [1.54, 1.807) is 18.3 Å². The number of hydrogen-bond donors (Lipinski definition) is 1. The minimum absolute atomic E-state index is 0.0784. The summed E-state index contributed by atoms with van der Waals surface area (Å²) in [6.07, 6.45) is 4.08. The van der Waals surface area contributed by atoms with E-state index >= 15 is 0 Å². The minimum Gasteiger partial charge on any atom is -0.361 e. The molecule has 0 saturated carbocycles. The van der Waals surface area contributed by atoms with Crippen LogP contribution in [0.25, 0.3) is 0 Å². The normalized spacial score (nSPS) is 10.3. The van der Waals surface area contributed by atoms with Crippen LogP contribution in [0.15, 0.2) is 35.1 Å². The second-order valence-corrected chi connectivity index (χ2v) is 4.69. The van der Waals surface area contributed by atoms with Gasteiger partial charge in [-0.25, -0.2) is 0 Å². The van der Waals surface area contributed by atoms with E-state index in [0.29, 0.717) is 18.5 Å². The SMILES string of the molecule is Cc1cc(CCNC(=O)CCC(=O)c2cccnc2)no1. The van der Waals surface area contributed by atoms with Crippen LogP contribution in [0.3, 0.4) is 0 Å². The van der Waals surface area contributed by atoms with Gasteiger partial charge < -0.3 is 9.84 Å². The first-order valence-corrected chi connectivity index (χ1v) is 6.77. The van der Waals surface area contributed by atoms with Crippen LogP contribution in [-0.4, -0.2) is 28.4 Å². The van der Waals surface area contributed by atoms with Gasteiger partial charge >= 0.3 is 0 Å². The zero-order valence-electron chi connectivity index (χ0n) is 11.8. The predicted molar refractivity (Wildman–Crippen MR) is 75.8 cm³/mol. The molecule has 0 bridgehead atoms. The molecule has 21 heavy (non-hydrogen) atoms. The number of carbonyl (C=O) groups is 2. The molecule has 6 nitrogen and oxygen atoms in total. The molecule has 0 saturated heterocycles. The molecule has 0 radical (unpaired) electrons. The van der Waals surface area contributed by atoms with Gasteiger partial charge in [0.2, 0.25) is 5.91 Å². The number of pyridine rings is 1. The summed E-state index contributed by atoms with van der Waals surface area (Å²) in [6.45, 7) is 2.30. The molecule has 2 aromatic rings. The maximum atomic E-state index is 11.8. The summed E-state index contributed by atoms with van der Waals surface area (Å²) in [6, 6.07) is 5.23. The molecule has 0 atom stereocenters. The Kier molecular flexibility index (Phi) is 5.20. The van der Waals surface area contributed by atoms with Crippen molar-refractivity contribution in [3.05, 3.63) is 47.6 Å². The summed E-state index contributed by atoms with van der Waals surface area (Å²) < 4.78 is 4.94. The van der Waals surface area contributed by atoms with Crippen molar-refractivity contribution in [3.8, 4) is 0 Å². The van der Waals surface area contributed by atoms with Crippen LogP contribution >= 0.6 is 0 Å². The third-order valence-corrected chi connectivity index (χ3v) is 2.94. The number of carbonyl (C=O) groups excluding carboxylic acids is 2. The smallest absolute Gasteiger partial charge is 0.220 e. The van der Waals surface area contributed by atoms with E-state index < -0.39 is 0 Å². The molecule has 110 valence electrons. The van der Waals surface area contributed by atoms with Gasteiger partial charge in [-0.15, -0.1) is 0 Å². The number of Topliss-reactive ketones (excluding diaryl/α,β-unsaturated/α-hetero) is 1. The number of aryl methyl sites for hydroxylation is 1. The molecule has 1 amide bonds. The van der Waals surface area contributed by atoms with Gasteiger partial charge in [0.1, 0.15) is 5.76 Å². The lowest BCUT2D eigenvalue weighted by atomic mass is 10.1. The fraction of sp³-hybridized carbons (Fsp3) is 0.333. The van der Waals surface area contributed by atoms with Crippen LogP contribution in [0.2, 0.25) is 0 Å². The van der Waals surface area contributed by atoms with Crippen LogP contribution < -0.4 is 5.32 Å². The molecular formula is C15H17N3O3. The quantitative estimate of drug-likeness (QED) is 0.783. The predicted octanol–water partition coefficient (Wildman–Crippen LogP) is 1.70. The fourth-order valence-electron chi connectivity index (χ4n) is 1.85. The largest absolute Gasteiger partial charge is 0.361 e. The van der Waals surface area contributed by atoms with Gasteiger partial charge in [-0.3, -0.25) is 14.6 Å². The molecule has 0 fully saturated rings. The van der Waals surface area contributed by atoms with Crippen molar-refractivity contribution in [3.63, 3.8) is 0 Å². The van der Waals surface area contributed by atoms with Crippen LogP contribution in [0.1, 0.15) is 34.7 Å². The van der Waals surface area contributed by atoms with Crippen LogP contribution in [0.4, 0.5) is 0 Å². The lowest BCUT2D eigenvalue weighted by molar-refractivity contribution is -0.121. The third kappa shape index (κ3) is 4.83. The molecule has 2 aromatic heterocycles. The average molecular weight is 287 g/mol. The molecule has 1 N–H and O–H groups in total. The van der Waals surface area contributed by atoms with Crippen molar-refractivity contribution in [2.45, 2.75) is 26.2 Å². The average Bonchev–Trinajstić information content (AvgIpc) is 2.91. The van der Waals surface area contributed by atoms with E-state index in [9.17, 15) is 9.59 Å². The number of nitrogens with one attached hydrogen (secondary N) is 1. The molecule has 2 rings (SSSR count). The lowest BCUT2D eigenvalue weighted by Gasteiger charge is -2.03. The highest BCUT2D eigenvalue weighted by Gasteiger charge is 2.09. The van der Waals surface area contributed by atoms with Gasteiger partial charge in [-0.05, 0) is 19.1 Å². The molecule has 0 aromatic carbocycles. The number of amides is 1. The number of rotatable bonds is 7. The summed E-state index contributed by atoms with van der Waals surface area (Å²) in [4.78, 5) is 27.3. The summed E-state index contributed by atoms with van der Waals surface area (Å²) in [5.74, 6) is 0.524. The van der Waals surface area contributed by atoms with Gasteiger partial charge in [-0.1, -0.05) is 5.16 Å². The second-order valence-electron chi connectivity index (χ2n) is 4.69. The maximum Gasteiger partial charge on any atom is 0.220 e. The summed E-state index contributed by atoms with van der Waals surface area (Å²) in [5, 5.41) is 6.60. The Hall–Kier alpha value is -2.50.